The van der Waals surface area contributed by atoms with Gasteiger partial charge in [0.05, 0.1) is 24.0 Å². The van der Waals surface area contributed by atoms with E-state index in [9.17, 15) is 4.79 Å². The fourth-order valence-corrected chi connectivity index (χ4v) is 4.27. The van der Waals surface area contributed by atoms with E-state index in [1.54, 1.807) is 29.4 Å². The van der Waals surface area contributed by atoms with Crippen molar-refractivity contribution in [3.05, 3.63) is 30.6 Å². The number of nitrogens with zero attached hydrogens (tertiary/aromatic N) is 6. The highest BCUT2D eigenvalue weighted by molar-refractivity contribution is 5.98. The molecule has 2 amide bonds. The van der Waals surface area contributed by atoms with Gasteiger partial charge in [-0.3, -0.25) is 15.0 Å². The number of carbonyl (C=O) groups is 1. The van der Waals surface area contributed by atoms with Crippen molar-refractivity contribution in [1.29, 1.82) is 0 Å². The molecule has 3 heterocycles. The molecule has 9 heteroatoms. The molecule has 0 unspecified atom stereocenters. The van der Waals surface area contributed by atoms with Crippen LogP contribution in [-0.2, 0) is 0 Å². The average Bonchev–Trinajstić information content (AvgIpc) is 3.42. The van der Waals surface area contributed by atoms with Crippen LogP contribution in [0.4, 0.5) is 27.9 Å². The Kier molecular flexibility index (Phi) is 4.22. The predicted octanol–water partition coefficient (Wildman–Crippen LogP) is 3.65. The summed E-state index contributed by atoms with van der Waals surface area (Å²) in [6.07, 6.45) is 8.01. The molecule has 0 radical (unpaired) electrons. The maximum atomic E-state index is 12.9. The van der Waals surface area contributed by atoms with Gasteiger partial charge in [-0.1, -0.05) is 12.8 Å². The summed E-state index contributed by atoms with van der Waals surface area (Å²) < 4.78 is 0. The van der Waals surface area contributed by atoms with Gasteiger partial charge in [0.25, 0.3) is 0 Å². The number of aromatic nitrogens is 4. The summed E-state index contributed by atoms with van der Waals surface area (Å²) in [5.74, 6) is 1.29. The fourth-order valence-electron chi connectivity index (χ4n) is 4.27. The maximum Gasteiger partial charge on any atom is 0.343 e. The largest absolute Gasteiger partial charge is 0.343 e. The van der Waals surface area contributed by atoms with E-state index in [4.69, 9.17) is 4.98 Å². The van der Waals surface area contributed by atoms with Crippen LogP contribution in [0.25, 0.3) is 10.9 Å². The quantitative estimate of drug-likeness (QED) is 0.704. The first-order valence-electron chi connectivity index (χ1n) is 10.1. The van der Waals surface area contributed by atoms with Crippen LogP contribution in [0.3, 0.4) is 0 Å². The van der Waals surface area contributed by atoms with E-state index >= 15 is 0 Å². The van der Waals surface area contributed by atoms with Crippen molar-refractivity contribution in [3.63, 3.8) is 0 Å². The van der Waals surface area contributed by atoms with Gasteiger partial charge in [0.1, 0.15) is 5.69 Å². The lowest BCUT2D eigenvalue weighted by Gasteiger charge is -2.45. The SMILES string of the molecule is CCN1C(=O)N(C)c2cnc(Nc3ccc4[nH]ncc4c3)nc2N1C1CCCC1. The molecule has 2 N–H and O–H groups in total. The first-order chi connectivity index (χ1) is 14.2. The van der Waals surface area contributed by atoms with Gasteiger partial charge < -0.3 is 5.32 Å². The lowest BCUT2D eigenvalue weighted by Crippen LogP contribution is -2.59. The summed E-state index contributed by atoms with van der Waals surface area (Å²) in [5.41, 5.74) is 2.61. The molecular formula is C20H24N8O. The molecule has 1 aliphatic carbocycles. The Morgan fingerprint density at radius 3 is 2.86 bits per heavy atom. The Balaban J connectivity index is 1.53. The summed E-state index contributed by atoms with van der Waals surface area (Å²) in [4.78, 5) is 23.8. The predicted molar refractivity (Wildman–Crippen MR) is 112 cm³/mol. The van der Waals surface area contributed by atoms with Crippen molar-refractivity contribution in [2.45, 2.75) is 38.6 Å². The highest BCUT2D eigenvalue weighted by Crippen LogP contribution is 2.38. The summed E-state index contributed by atoms with van der Waals surface area (Å²) >= 11 is 0. The monoisotopic (exact) mass is 392 g/mol. The standard InChI is InChI=1S/C20H24N8O/c1-3-27-20(29)26(2)17-12-21-19(24-18(17)28(27)15-6-4-5-7-15)23-14-8-9-16-13(10-14)11-22-25-16/h8-12,15H,3-7H2,1-2H3,(H,22,25)(H,21,23,24). The number of aromatic amines is 1. The molecule has 9 nitrogen and oxygen atoms in total. The molecule has 2 aromatic heterocycles. The second-order valence-electron chi connectivity index (χ2n) is 7.54. The number of rotatable bonds is 4. The first kappa shape index (κ1) is 17.7. The third kappa shape index (κ3) is 2.93. The number of H-pyrrole nitrogens is 1. The van der Waals surface area contributed by atoms with Crippen LogP contribution in [0, 0.1) is 0 Å². The van der Waals surface area contributed by atoms with Gasteiger partial charge in [-0.25, -0.2) is 14.8 Å². The smallest absolute Gasteiger partial charge is 0.324 e. The second kappa shape index (κ2) is 6.91. The van der Waals surface area contributed by atoms with Crippen molar-refractivity contribution >= 4 is 40.1 Å². The van der Waals surface area contributed by atoms with E-state index in [0.29, 0.717) is 12.5 Å². The van der Waals surface area contributed by atoms with E-state index < -0.39 is 0 Å². The number of fused-ring (bicyclic) bond motifs is 2. The number of hydrogen-bond donors (Lipinski definition) is 2. The molecule has 1 fully saturated rings. The summed E-state index contributed by atoms with van der Waals surface area (Å²) in [7, 11) is 1.78. The third-order valence-corrected chi connectivity index (χ3v) is 5.76. The molecule has 1 aliphatic heterocycles. The third-order valence-electron chi connectivity index (χ3n) is 5.76. The molecule has 1 saturated carbocycles. The van der Waals surface area contributed by atoms with Crippen molar-refractivity contribution in [3.8, 4) is 0 Å². The van der Waals surface area contributed by atoms with E-state index in [-0.39, 0.29) is 12.1 Å². The number of amides is 2. The Labute approximate surface area is 168 Å². The molecule has 0 saturated heterocycles. The minimum atomic E-state index is -0.0402. The minimum absolute atomic E-state index is 0.0402. The lowest BCUT2D eigenvalue weighted by molar-refractivity contribution is 0.191. The van der Waals surface area contributed by atoms with Gasteiger partial charge in [0.15, 0.2) is 5.82 Å². The van der Waals surface area contributed by atoms with Gasteiger partial charge in [0.2, 0.25) is 5.95 Å². The van der Waals surface area contributed by atoms with E-state index in [1.165, 1.54) is 12.8 Å². The Morgan fingerprint density at radius 2 is 2.07 bits per heavy atom. The molecule has 0 spiro atoms. The van der Waals surface area contributed by atoms with Crippen LogP contribution >= 0.6 is 0 Å². The topological polar surface area (TPSA) is 93.3 Å². The van der Waals surface area contributed by atoms with Gasteiger partial charge >= 0.3 is 6.03 Å². The van der Waals surface area contributed by atoms with Crippen LogP contribution in [-0.4, -0.2) is 50.8 Å². The number of carbonyl (C=O) groups excluding carboxylic acids is 1. The van der Waals surface area contributed by atoms with Crippen molar-refractivity contribution < 1.29 is 4.79 Å². The van der Waals surface area contributed by atoms with Crippen LogP contribution in [0.15, 0.2) is 30.6 Å². The minimum Gasteiger partial charge on any atom is -0.324 e. The fraction of sp³-hybridized carbons (Fsp3) is 0.400. The van der Waals surface area contributed by atoms with Crippen LogP contribution in [0.5, 0.6) is 0 Å². The average molecular weight is 392 g/mol. The molecule has 150 valence electrons. The van der Waals surface area contributed by atoms with Crippen molar-refractivity contribution in [2.24, 2.45) is 0 Å². The second-order valence-corrected chi connectivity index (χ2v) is 7.54. The summed E-state index contributed by atoms with van der Waals surface area (Å²) in [5, 5.41) is 15.2. The van der Waals surface area contributed by atoms with Crippen LogP contribution in [0.1, 0.15) is 32.6 Å². The molecule has 0 bridgehead atoms. The number of urea groups is 1. The molecule has 3 aromatic rings. The van der Waals surface area contributed by atoms with Crippen molar-refractivity contribution in [1.82, 2.24) is 25.2 Å². The Morgan fingerprint density at radius 1 is 1.24 bits per heavy atom. The van der Waals surface area contributed by atoms with Crippen LogP contribution in [0.2, 0.25) is 0 Å². The molecule has 0 atom stereocenters. The zero-order valence-electron chi connectivity index (χ0n) is 16.6. The highest BCUT2D eigenvalue weighted by atomic mass is 16.2. The van der Waals surface area contributed by atoms with Gasteiger partial charge in [-0.15, -0.1) is 0 Å². The molecular weight excluding hydrogens is 368 g/mol. The summed E-state index contributed by atoms with van der Waals surface area (Å²) in [6.45, 7) is 2.60. The van der Waals surface area contributed by atoms with Gasteiger partial charge in [-0.05, 0) is 38.0 Å². The zero-order valence-corrected chi connectivity index (χ0v) is 16.6. The Hall–Kier alpha value is -3.36. The first-order valence-corrected chi connectivity index (χ1v) is 10.1. The number of anilines is 4. The van der Waals surface area contributed by atoms with Gasteiger partial charge in [0, 0.05) is 24.7 Å². The van der Waals surface area contributed by atoms with Gasteiger partial charge in [-0.2, -0.15) is 10.1 Å². The molecule has 2 aliphatic rings. The molecule has 29 heavy (non-hydrogen) atoms. The number of hydrogen-bond acceptors (Lipinski definition) is 6. The number of hydrazine groups is 1. The van der Waals surface area contributed by atoms with E-state index in [1.807, 2.05) is 25.1 Å². The van der Waals surface area contributed by atoms with E-state index in [2.05, 4.69) is 25.5 Å². The van der Waals surface area contributed by atoms with E-state index in [0.717, 1.165) is 40.9 Å². The molecule has 5 rings (SSSR count). The number of nitrogens with one attached hydrogen (secondary N) is 2. The maximum absolute atomic E-state index is 12.9. The van der Waals surface area contributed by atoms with Crippen LogP contribution < -0.4 is 15.2 Å². The lowest BCUT2D eigenvalue weighted by atomic mass is 10.2. The molecule has 1 aromatic carbocycles. The highest BCUT2D eigenvalue weighted by Gasteiger charge is 2.39. The normalized spacial score (nSPS) is 17.3. The Bertz CT molecular complexity index is 1060. The number of benzene rings is 1. The van der Waals surface area contributed by atoms with Crippen molar-refractivity contribution in [2.75, 3.05) is 28.8 Å². The summed E-state index contributed by atoms with van der Waals surface area (Å²) in [6, 6.07) is 6.19. The zero-order chi connectivity index (χ0) is 20.0.